The van der Waals surface area contributed by atoms with Crippen molar-refractivity contribution in [3.05, 3.63) is 41.5 Å². The number of hydrogen-bond acceptors (Lipinski definition) is 4. The van der Waals surface area contributed by atoms with Gasteiger partial charge in [-0.05, 0) is 30.0 Å². The van der Waals surface area contributed by atoms with E-state index >= 15 is 0 Å². The Labute approximate surface area is 120 Å². The summed E-state index contributed by atoms with van der Waals surface area (Å²) in [6, 6.07) is 8.57. The quantitative estimate of drug-likeness (QED) is 0.776. The molecular formula is C15H14FN3S. The Hall–Kier alpha value is -2.01. The van der Waals surface area contributed by atoms with Gasteiger partial charge in [0.25, 0.3) is 0 Å². The van der Waals surface area contributed by atoms with Crippen LogP contribution in [0.3, 0.4) is 0 Å². The number of aromatic nitrogens is 2. The third-order valence-corrected chi connectivity index (χ3v) is 3.79. The number of thiophene rings is 1. The highest BCUT2D eigenvalue weighted by molar-refractivity contribution is 7.16. The largest absolute Gasteiger partial charge is 0.369 e. The lowest BCUT2D eigenvalue weighted by atomic mass is 10.2. The van der Waals surface area contributed by atoms with E-state index in [0.29, 0.717) is 11.4 Å². The minimum atomic E-state index is -0.301. The van der Waals surface area contributed by atoms with Crippen molar-refractivity contribution < 1.29 is 4.39 Å². The van der Waals surface area contributed by atoms with Gasteiger partial charge in [-0.25, -0.2) is 14.4 Å². The second-order valence-corrected chi connectivity index (χ2v) is 5.34. The van der Waals surface area contributed by atoms with Gasteiger partial charge < -0.3 is 5.32 Å². The highest BCUT2D eigenvalue weighted by atomic mass is 32.1. The van der Waals surface area contributed by atoms with E-state index in [1.54, 1.807) is 18.2 Å². The van der Waals surface area contributed by atoms with Gasteiger partial charge in [0, 0.05) is 6.54 Å². The van der Waals surface area contributed by atoms with Crippen LogP contribution in [0.2, 0.25) is 0 Å². The summed E-state index contributed by atoms with van der Waals surface area (Å²) in [5.74, 6) is 0.901. The molecule has 20 heavy (non-hydrogen) atoms. The van der Waals surface area contributed by atoms with Crippen molar-refractivity contribution in [3.63, 3.8) is 0 Å². The topological polar surface area (TPSA) is 37.8 Å². The van der Waals surface area contributed by atoms with Crippen LogP contribution in [-0.4, -0.2) is 16.5 Å². The maximum Gasteiger partial charge on any atom is 0.166 e. The summed E-state index contributed by atoms with van der Waals surface area (Å²) in [5.41, 5.74) is 0.433. The molecule has 3 rings (SSSR count). The summed E-state index contributed by atoms with van der Waals surface area (Å²) in [7, 11) is 0. The number of nitrogens with one attached hydrogen (secondary N) is 1. The van der Waals surface area contributed by atoms with Gasteiger partial charge in [0.1, 0.15) is 16.5 Å². The fourth-order valence-electron chi connectivity index (χ4n) is 2.00. The minimum Gasteiger partial charge on any atom is -0.369 e. The van der Waals surface area contributed by atoms with Gasteiger partial charge >= 0.3 is 0 Å². The number of nitrogens with zero attached hydrogens (tertiary/aromatic N) is 2. The Balaban J connectivity index is 2.14. The summed E-state index contributed by atoms with van der Waals surface area (Å²) in [5, 5.41) is 6.25. The second-order valence-electron chi connectivity index (χ2n) is 4.44. The molecule has 2 aromatic heterocycles. The molecule has 0 fully saturated rings. The summed E-state index contributed by atoms with van der Waals surface area (Å²) in [4.78, 5) is 9.82. The van der Waals surface area contributed by atoms with Crippen molar-refractivity contribution >= 4 is 27.4 Å². The first-order valence-corrected chi connectivity index (χ1v) is 7.41. The Morgan fingerprint density at radius 3 is 2.85 bits per heavy atom. The molecule has 0 unspecified atom stereocenters. The maximum absolute atomic E-state index is 13.9. The van der Waals surface area contributed by atoms with Crippen molar-refractivity contribution in [2.24, 2.45) is 0 Å². The third-order valence-electron chi connectivity index (χ3n) is 2.98. The molecule has 5 heteroatoms. The molecule has 1 aromatic carbocycles. The van der Waals surface area contributed by atoms with E-state index in [1.807, 2.05) is 11.4 Å². The van der Waals surface area contributed by atoms with E-state index in [0.717, 1.165) is 29.0 Å². The molecule has 0 saturated heterocycles. The Morgan fingerprint density at radius 1 is 1.20 bits per heavy atom. The maximum atomic E-state index is 13.9. The molecule has 0 aliphatic heterocycles. The first-order valence-electron chi connectivity index (χ1n) is 6.53. The lowest BCUT2D eigenvalue weighted by Gasteiger charge is -2.08. The van der Waals surface area contributed by atoms with Gasteiger partial charge in [0.2, 0.25) is 0 Å². The monoisotopic (exact) mass is 287 g/mol. The van der Waals surface area contributed by atoms with Crippen molar-refractivity contribution in [1.82, 2.24) is 9.97 Å². The van der Waals surface area contributed by atoms with Crippen LogP contribution >= 0.6 is 11.3 Å². The van der Waals surface area contributed by atoms with Crippen LogP contribution in [-0.2, 0) is 0 Å². The zero-order valence-electron chi connectivity index (χ0n) is 11.1. The van der Waals surface area contributed by atoms with Crippen molar-refractivity contribution in [2.75, 3.05) is 11.9 Å². The standard InChI is InChI=1S/C15H14FN3S/c1-2-8-17-13-11-7-9-20-15(11)19-14(18-13)10-5-3-4-6-12(10)16/h3-7,9H,2,8H2,1H3,(H,17,18,19). The van der Waals surface area contributed by atoms with Crippen LogP contribution in [0.4, 0.5) is 10.2 Å². The highest BCUT2D eigenvalue weighted by Crippen LogP contribution is 2.29. The van der Waals surface area contributed by atoms with E-state index < -0.39 is 0 Å². The predicted molar refractivity (Wildman–Crippen MR) is 81.6 cm³/mol. The highest BCUT2D eigenvalue weighted by Gasteiger charge is 2.12. The summed E-state index contributed by atoms with van der Waals surface area (Å²) in [6.45, 7) is 2.93. The van der Waals surface area contributed by atoms with Gasteiger partial charge in [-0.1, -0.05) is 19.1 Å². The summed E-state index contributed by atoms with van der Waals surface area (Å²) < 4.78 is 13.9. The van der Waals surface area contributed by atoms with E-state index in [4.69, 9.17) is 0 Å². The van der Waals surface area contributed by atoms with Gasteiger partial charge in [-0.2, -0.15) is 0 Å². The van der Waals surface area contributed by atoms with Crippen molar-refractivity contribution in [3.8, 4) is 11.4 Å². The molecule has 1 N–H and O–H groups in total. The van der Waals surface area contributed by atoms with Gasteiger partial charge in [-0.15, -0.1) is 11.3 Å². The number of halogens is 1. The number of benzene rings is 1. The average molecular weight is 287 g/mol. The molecule has 0 aliphatic carbocycles. The van der Waals surface area contributed by atoms with Crippen molar-refractivity contribution in [1.29, 1.82) is 0 Å². The number of hydrogen-bond donors (Lipinski definition) is 1. The molecule has 0 amide bonds. The zero-order valence-corrected chi connectivity index (χ0v) is 11.9. The van der Waals surface area contributed by atoms with E-state index in [1.165, 1.54) is 17.4 Å². The van der Waals surface area contributed by atoms with Crippen LogP contribution in [0.15, 0.2) is 35.7 Å². The lowest BCUT2D eigenvalue weighted by Crippen LogP contribution is -2.04. The van der Waals surface area contributed by atoms with Gasteiger partial charge in [0.05, 0.1) is 10.9 Å². The number of rotatable bonds is 4. The van der Waals surface area contributed by atoms with Crippen molar-refractivity contribution in [2.45, 2.75) is 13.3 Å². The first kappa shape index (κ1) is 13.0. The van der Waals surface area contributed by atoms with Crippen LogP contribution < -0.4 is 5.32 Å². The Morgan fingerprint density at radius 2 is 2.05 bits per heavy atom. The van der Waals surface area contributed by atoms with E-state index in [2.05, 4.69) is 22.2 Å². The fraction of sp³-hybridized carbons (Fsp3) is 0.200. The molecule has 0 saturated carbocycles. The van der Waals surface area contributed by atoms with E-state index in [9.17, 15) is 4.39 Å². The molecule has 102 valence electrons. The zero-order chi connectivity index (χ0) is 13.9. The predicted octanol–water partition coefficient (Wildman–Crippen LogP) is 4.32. The van der Waals surface area contributed by atoms with Gasteiger partial charge in [-0.3, -0.25) is 0 Å². The third kappa shape index (κ3) is 2.36. The molecule has 0 spiro atoms. The van der Waals surface area contributed by atoms with E-state index in [-0.39, 0.29) is 5.82 Å². The average Bonchev–Trinajstić information content (AvgIpc) is 2.93. The minimum absolute atomic E-state index is 0.301. The second kappa shape index (κ2) is 5.54. The number of fused-ring (bicyclic) bond motifs is 1. The lowest BCUT2D eigenvalue weighted by molar-refractivity contribution is 0.630. The van der Waals surface area contributed by atoms with Crippen LogP contribution in [0, 0.1) is 5.82 Å². The number of anilines is 1. The Kier molecular flexibility index (Phi) is 3.60. The SMILES string of the molecule is CCCNc1nc(-c2ccccc2F)nc2sccc12. The van der Waals surface area contributed by atoms with Crippen LogP contribution in [0.25, 0.3) is 21.6 Å². The molecule has 2 heterocycles. The summed E-state index contributed by atoms with van der Waals surface area (Å²) >= 11 is 1.54. The molecule has 0 radical (unpaired) electrons. The molecule has 3 aromatic rings. The normalized spacial score (nSPS) is 10.9. The molecule has 3 nitrogen and oxygen atoms in total. The molecule has 0 aliphatic rings. The van der Waals surface area contributed by atoms with Crippen LogP contribution in [0.1, 0.15) is 13.3 Å². The molecule has 0 bridgehead atoms. The molecular weight excluding hydrogens is 273 g/mol. The summed E-state index contributed by atoms with van der Waals surface area (Å²) in [6.07, 6.45) is 1.00. The van der Waals surface area contributed by atoms with Crippen LogP contribution in [0.5, 0.6) is 0 Å². The first-order chi connectivity index (χ1) is 9.79. The van der Waals surface area contributed by atoms with Gasteiger partial charge in [0.15, 0.2) is 5.82 Å². The smallest absolute Gasteiger partial charge is 0.166 e. The fourth-order valence-corrected chi connectivity index (χ4v) is 2.76. The Bertz CT molecular complexity index is 739. The molecule has 0 atom stereocenters.